The number of carbonyl (C=O) groups excluding carboxylic acids is 1. The van der Waals surface area contributed by atoms with Crippen LogP contribution >= 0.6 is 11.9 Å². The molecule has 0 aliphatic carbocycles. The first-order valence-corrected chi connectivity index (χ1v) is 12.7. The van der Waals surface area contributed by atoms with Gasteiger partial charge in [-0.15, -0.1) is 0 Å². The fourth-order valence-corrected chi connectivity index (χ4v) is 4.77. The number of carbonyl (C=O) groups is 1. The highest BCUT2D eigenvalue weighted by molar-refractivity contribution is 7.96. The summed E-state index contributed by atoms with van der Waals surface area (Å²) in [5.74, 6) is 2.28. The van der Waals surface area contributed by atoms with Gasteiger partial charge in [-0.3, -0.25) is 9.89 Å². The number of fused-ring (bicyclic) bond motifs is 1. The first-order chi connectivity index (χ1) is 17.1. The Morgan fingerprint density at radius 3 is 2.80 bits per heavy atom. The molecule has 4 aromatic rings. The van der Waals surface area contributed by atoms with Gasteiger partial charge in [0.1, 0.15) is 22.7 Å². The summed E-state index contributed by atoms with van der Waals surface area (Å²) in [6, 6.07) is 12.8. The van der Waals surface area contributed by atoms with Crippen LogP contribution in [0.1, 0.15) is 28.8 Å². The minimum absolute atomic E-state index is 0.228. The fraction of sp³-hybridized carbons (Fsp3) is 0.280. The van der Waals surface area contributed by atoms with Crippen LogP contribution in [0.15, 0.2) is 54.9 Å². The number of piperidine rings is 1. The molecule has 1 saturated heterocycles. The number of hydrogen-bond acceptors (Lipinski definition) is 8. The van der Waals surface area contributed by atoms with Crippen LogP contribution in [-0.4, -0.2) is 55.8 Å². The van der Waals surface area contributed by atoms with Gasteiger partial charge in [0.15, 0.2) is 11.5 Å². The van der Waals surface area contributed by atoms with Gasteiger partial charge in [0.05, 0.1) is 0 Å². The number of benzene rings is 1. The van der Waals surface area contributed by atoms with Crippen molar-refractivity contribution >= 4 is 40.5 Å². The summed E-state index contributed by atoms with van der Waals surface area (Å²) in [5, 5.41) is 14.7. The highest BCUT2D eigenvalue weighted by Gasteiger charge is 2.22. The van der Waals surface area contributed by atoms with Gasteiger partial charge in [0, 0.05) is 43.2 Å². The van der Waals surface area contributed by atoms with Gasteiger partial charge in [-0.25, -0.2) is 14.3 Å². The molecule has 1 aromatic carbocycles. The molecule has 180 valence electrons. The average molecular weight is 490 g/mol. The van der Waals surface area contributed by atoms with E-state index in [4.69, 9.17) is 4.74 Å². The molecule has 1 aliphatic rings. The minimum Gasteiger partial charge on any atom is -0.456 e. The van der Waals surface area contributed by atoms with Crippen molar-refractivity contribution in [3.8, 4) is 11.5 Å². The van der Waals surface area contributed by atoms with Gasteiger partial charge >= 0.3 is 0 Å². The molecule has 1 atom stereocenters. The van der Waals surface area contributed by atoms with Crippen LogP contribution in [0.3, 0.4) is 0 Å². The van der Waals surface area contributed by atoms with E-state index in [2.05, 4.69) is 41.4 Å². The molecule has 0 bridgehead atoms. The number of rotatable bonds is 7. The van der Waals surface area contributed by atoms with E-state index in [0.717, 1.165) is 42.7 Å². The Kier molecular flexibility index (Phi) is 6.82. The van der Waals surface area contributed by atoms with Crippen molar-refractivity contribution in [1.82, 2.24) is 24.5 Å². The van der Waals surface area contributed by atoms with E-state index >= 15 is 0 Å². The monoisotopic (exact) mass is 489 g/mol. The molecule has 0 saturated carbocycles. The number of aryl methyl sites for hydroxylation is 1. The van der Waals surface area contributed by atoms with Gasteiger partial charge in [-0.2, -0.15) is 5.10 Å². The summed E-state index contributed by atoms with van der Waals surface area (Å²) in [6.07, 6.45) is 7.69. The molecule has 3 N–H and O–H groups in total. The summed E-state index contributed by atoms with van der Waals surface area (Å²) in [4.78, 5) is 21.2. The number of hydrogen-bond donors (Lipinski definition) is 3. The second-order valence-electron chi connectivity index (χ2n) is 8.46. The first-order valence-electron chi connectivity index (χ1n) is 11.5. The zero-order chi connectivity index (χ0) is 24.2. The molecule has 0 spiro atoms. The number of ether oxygens (including phenoxy) is 1. The number of nitrogens with zero attached hydrogens (tertiary/aromatic N) is 4. The number of aromatic amines is 1. The molecule has 1 fully saturated rings. The second kappa shape index (κ2) is 10.3. The van der Waals surface area contributed by atoms with E-state index < -0.39 is 0 Å². The normalized spacial score (nSPS) is 16.2. The van der Waals surface area contributed by atoms with Crippen molar-refractivity contribution in [3.05, 3.63) is 66.0 Å². The van der Waals surface area contributed by atoms with Gasteiger partial charge in [0.25, 0.3) is 5.91 Å². The van der Waals surface area contributed by atoms with Gasteiger partial charge < -0.3 is 15.4 Å². The number of nitrogens with one attached hydrogen (secondary N) is 3. The first kappa shape index (κ1) is 23.1. The van der Waals surface area contributed by atoms with Crippen LogP contribution in [0, 0.1) is 6.92 Å². The summed E-state index contributed by atoms with van der Waals surface area (Å²) in [5.41, 5.74) is 2.20. The second-order valence-corrected chi connectivity index (χ2v) is 9.34. The van der Waals surface area contributed by atoms with E-state index in [0.29, 0.717) is 34.6 Å². The molecule has 35 heavy (non-hydrogen) atoms. The maximum atomic E-state index is 12.6. The number of H-pyrrole nitrogens is 1. The van der Waals surface area contributed by atoms with E-state index in [9.17, 15) is 4.79 Å². The third-order valence-corrected chi connectivity index (χ3v) is 6.76. The maximum absolute atomic E-state index is 12.6. The third kappa shape index (κ3) is 5.39. The van der Waals surface area contributed by atoms with Gasteiger partial charge in [0.2, 0.25) is 0 Å². The Balaban J connectivity index is 1.31. The summed E-state index contributed by atoms with van der Waals surface area (Å²) in [7, 11) is 0. The van der Waals surface area contributed by atoms with Crippen molar-refractivity contribution < 1.29 is 9.53 Å². The van der Waals surface area contributed by atoms with Gasteiger partial charge in [-0.1, -0.05) is 11.9 Å². The number of pyridine rings is 2. The van der Waals surface area contributed by atoms with E-state index in [1.54, 1.807) is 48.6 Å². The highest BCUT2D eigenvalue weighted by atomic mass is 32.2. The standard InChI is InChI=1S/C25H27N7O2S/c1-16-9-11-26-21(14-16)29-25(33)17-5-7-19(8-6-17)34-20-10-12-27-23-22(20)24(31-30-23)28-18-4-3-13-32(15-18)35-2/h5-12,14,18H,3-4,13,15H2,1-2H3,(H,26,29,33)(H2,27,28,30,31). The van der Waals surface area contributed by atoms with Crippen LogP contribution in [0.25, 0.3) is 11.0 Å². The van der Waals surface area contributed by atoms with E-state index in [-0.39, 0.29) is 5.91 Å². The molecule has 4 heterocycles. The van der Waals surface area contributed by atoms with Gasteiger partial charge in [-0.05, 0) is 68.0 Å². The average Bonchev–Trinajstić information content (AvgIpc) is 3.28. The Morgan fingerprint density at radius 1 is 1.17 bits per heavy atom. The van der Waals surface area contributed by atoms with Crippen molar-refractivity contribution in [2.75, 3.05) is 30.0 Å². The third-order valence-electron chi connectivity index (χ3n) is 5.91. The zero-order valence-corrected chi connectivity index (χ0v) is 20.4. The topological polar surface area (TPSA) is 108 Å². The highest BCUT2D eigenvalue weighted by Crippen LogP contribution is 2.34. The Hall–Kier alpha value is -3.63. The molecule has 10 heteroatoms. The lowest BCUT2D eigenvalue weighted by Crippen LogP contribution is -2.38. The zero-order valence-electron chi connectivity index (χ0n) is 19.6. The molecule has 0 radical (unpaired) electrons. The van der Waals surface area contributed by atoms with Crippen LogP contribution in [0.2, 0.25) is 0 Å². The van der Waals surface area contributed by atoms with Crippen molar-refractivity contribution in [3.63, 3.8) is 0 Å². The molecule has 5 rings (SSSR count). The lowest BCUT2D eigenvalue weighted by Gasteiger charge is -2.31. The van der Waals surface area contributed by atoms with Crippen LogP contribution < -0.4 is 15.4 Å². The molecular formula is C25H27N7O2S. The van der Waals surface area contributed by atoms with Crippen molar-refractivity contribution in [1.29, 1.82) is 0 Å². The van der Waals surface area contributed by atoms with Crippen LogP contribution in [-0.2, 0) is 0 Å². The smallest absolute Gasteiger partial charge is 0.256 e. The molecule has 1 unspecified atom stereocenters. The Morgan fingerprint density at radius 2 is 2.00 bits per heavy atom. The predicted octanol–water partition coefficient (Wildman–Crippen LogP) is 4.86. The predicted molar refractivity (Wildman–Crippen MR) is 139 cm³/mol. The maximum Gasteiger partial charge on any atom is 0.256 e. The number of anilines is 2. The summed E-state index contributed by atoms with van der Waals surface area (Å²) in [6.45, 7) is 4.01. The van der Waals surface area contributed by atoms with E-state index in [1.807, 2.05) is 25.1 Å². The van der Waals surface area contributed by atoms with E-state index in [1.165, 1.54) is 0 Å². The molecular weight excluding hydrogens is 462 g/mol. The Bertz CT molecular complexity index is 1330. The van der Waals surface area contributed by atoms with Crippen LogP contribution in [0.5, 0.6) is 11.5 Å². The molecule has 1 amide bonds. The fourth-order valence-electron chi connectivity index (χ4n) is 4.13. The largest absolute Gasteiger partial charge is 0.456 e. The van der Waals surface area contributed by atoms with Crippen molar-refractivity contribution in [2.45, 2.75) is 25.8 Å². The lowest BCUT2D eigenvalue weighted by molar-refractivity contribution is 0.102. The summed E-state index contributed by atoms with van der Waals surface area (Å²) >= 11 is 1.77. The quantitative estimate of drug-likeness (QED) is 0.316. The van der Waals surface area contributed by atoms with Crippen LogP contribution in [0.4, 0.5) is 11.6 Å². The number of aromatic nitrogens is 4. The Labute approximate surface area is 207 Å². The molecule has 3 aromatic heterocycles. The lowest BCUT2D eigenvalue weighted by atomic mass is 10.1. The minimum atomic E-state index is -0.228. The van der Waals surface area contributed by atoms with Crippen molar-refractivity contribution in [2.24, 2.45) is 0 Å². The number of amides is 1. The molecule has 1 aliphatic heterocycles. The molecule has 9 nitrogen and oxygen atoms in total. The summed E-state index contributed by atoms with van der Waals surface area (Å²) < 4.78 is 8.55. The SMILES string of the molecule is CSN1CCCC(Nc2n[nH]c3nccc(Oc4ccc(C(=O)Nc5cc(C)ccn5)cc4)c23)C1.